The highest BCUT2D eigenvalue weighted by Crippen LogP contribution is 2.38. The van der Waals surface area contributed by atoms with Crippen LogP contribution in [0.4, 0.5) is 0 Å². The molecular weight excluding hydrogens is 388 g/mol. The van der Waals surface area contributed by atoms with Crippen LogP contribution in [0, 0.1) is 0 Å². The summed E-state index contributed by atoms with van der Waals surface area (Å²) in [4.78, 5) is 20.8. The SMILES string of the molecule is C[C@@H](Sc1nc2sc3c(c2c(=O)n1C[C@H]1CCCO1)CCC3)c1ccccc1. The fourth-order valence-electron chi connectivity index (χ4n) is 4.25. The summed E-state index contributed by atoms with van der Waals surface area (Å²) >= 11 is 3.40. The van der Waals surface area contributed by atoms with E-state index in [1.165, 1.54) is 16.0 Å². The number of aryl methyl sites for hydroxylation is 2. The van der Waals surface area contributed by atoms with Crippen molar-refractivity contribution in [3.8, 4) is 0 Å². The summed E-state index contributed by atoms with van der Waals surface area (Å²) in [5.41, 5.74) is 2.63. The zero-order valence-corrected chi connectivity index (χ0v) is 17.7. The normalized spacial score (nSPS) is 20.0. The largest absolute Gasteiger partial charge is 0.376 e. The van der Waals surface area contributed by atoms with E-state index in [2.05, 4.69) is 31.2 Å². The number of fused-ring (bicyclic) bond motifs is 3. The maximum Gasteiger partial charge on any atom is 0.263 e. The Morgan fingerprint density at radius 3 is 2.93 bits per heavy atom. The number of ether oxygens (including phenoxy) is 1. The maximum atomic E-state index is 13.5. The highest BCUT2D eigenvalue weighted by Gasteiger charge is 2.26. The van der Waals surface area contributed by atoms with E-state index < -0.39 is 0 Å². The predicted octanol–water partition coefficient (Wildman–Crippen LogP) is 4.98. The van der Waals surface area contributed by atoms with Crippen LogP contribution in [0.5, 0.6) is 0 Å². The molecule has 3 aromatic rings. The molecule has 146 valence electrons. The van der Waals surface area contributed by atoms with Crippen LogP contribution in [-0.4, -0.2) is 22.3 Å². The van der Waals surface area contributed by atoms with Gasteiger partial charge in [0.2, 0.25) is 0 Å². The van der Waals surface area contributed by atoms with Gasteiger partial charge in [-0.15, -0.1) is 11.3 Å². The van der Waals surface area contributed by atoms with Crippen LogP contribution in [0.1, 0.15) is 47.4 Å². The monoisotopic (exact) mass is 412 g/mol. The van der Waals surface area contributed by atoms with E-state index >= 15 is 0 Å². The predicted molar refractivity (Wildman–Crippen MR) is 116 cm³/mol. The van der Waals surface area contributed by atoms with Gasteiger partial charge in [0.15, 0.2) is 5.16 Å². The van der Waals surface area contributed by atoms with E-state index in [0.29, 0.717) is 6.54 Å². The van der Waals surface area contributed by atoms with Crippen molar-refractivity contribution in [3.63, 3.8) is 0 Å². The molecule has 0 unspecified atom stereocenters. The van der Waals surface area contributed by atoms with Crippen LogP contribution in [0.25, 0.3) is 10.2 Å². The van der Waals surface area contributed by atoms with Crippen molar-refractivity contribution in [1.29, 1.82) is 0 Å². The summed E-state index contributed by atoms with van der Waals surface area (Å²) in [5.74, 6) is 0. The molecule has 3 heterocycles. The minimum absolute atomic E-state index is 0.120. The summed E-state index contributed by atoms with van der Waals surface area (Å²) in [6.07, 6.45) is 5.47. The van der Waals surface area contributed by atoms with E-state index in [1.54, 1.807) is 23.1 Å². The molecule has 28 heavy (non-hydrogen) atoms. The van der Waals surface area contributed by atoms with Crippen LogP contribution < -0.4 is 5.56 Å². The molecule has 4 nitrogen and oxygen atoms in total. The van der Waals surface area contributed by atoms with E-state index in [0.717, 1.165) is 54.1 Å². The first-order valence-corrected chi connectivity index (χ1v) is 11.8. The van der Waals surface area contributed by atoms with Crippen molar-refractivity contribution < 1.29 is 4.74 Å². The first-order valence-electron chi connectivity index (χ1n) is 10.1. The molecule has 0 amide bonds. The molecule has 6 heteroatoms. The minimum atomic E-state index is 0.120. The van der Waals surface area contributed by atoms with Gasteiger partial charge in [-0.1, -0.05) is 42.1 Å². The second kappa shape index (κ2) is 7.65. The van der Waals surface area contributed by atoms with Crippen molar-refractivity contribution in [1.82, 2.24) is 9.55 Å². The molecule has 0 bridgehead atoms. The van der Waals surface area contributed by atoms with Gasteiger partial charge in [-0.05, 0) is 50.2 Å². The topological polar surface area (TPSA) is 44.1 Å². The molecule has 5 rings (SSSR count). The average Bonchev–Trinajstić information content (AvgIpc) is 3.43. The van der Waals surface area contributed by atoms with Gasteiger partial charge in [0, 0.05) is 16.7 Å². The fraction of sp³-hybridized carbons (Fsp3) is 0.455. The van der Waals surface area contributed by atoms with Crippen molar-refractivity contribution >= 4 is 33.3 Å². The van der Waals surface area contributed by atoms with Crippen LogP contribution in [-0.2, 0) is 24.1 Å². The van der Waals surface area contributed by atoms with E-state index in [4.69, 9.17) is 9.72 Å². The van der Waals surface area contributed by atoms with Gasteiger partial charge in [-0.25, -0.2) is 4.98 Å². The van der Waals surface area contributed by atoms with Gasteiger partial charge in [-0.2, -0.15) is 0 Å². The number of thiophene rings is 1. The zero-order chi connectivity index (χ0) is 19.1. The molecule has 2 aromatic heterocycles. The molecule has 2 aliphatic rings. The number of hydrogen-bond acceptors (Lipinski definition) is 5. The molecule has 0 saturated carbocycles. The molecule has 1 fully saturated rings. The Kier molecular flexibility index (Phi) is 5.03. The van der Waals surface area contributed by atoms with Gasteiger partial charge in [-0.3, -0.25) is 9.36 Å². The third kappa shape index (κ3) is 3.31. The van der Waals surface area contributed by atoms with Crippen molar-refractivity contribution in [2.24, 2.45) is 0 Å². The molecular formula is C22H24N2O2S2. The van der Waals surface area contributed by atoms with Crippen molar-refractivity contribution in [3.05, 3.63) is 56.7 Å². The summed E-state index contributed by atoms with van der Waals surface area (Å²) in [6.45, 7) is 3.59. The second-order valence-corrected chi connectivity index (χ2v) is 10.0. The van der Waals surface area contributed by atoms with Crippen molar-refractivity contribution in [2.75, 3.05) is 6.61 Å². The average molecular weight is 413 g/mol. The molecule has 1 aliphatic heterocycles. The van der Waals surface area contributed by atoms with E-state index in [1.807, 2.05) is 10.6 Å². The summed E-state index contributed by atoms with van der Waals surface area (Å²) in [6, 6.07) is 10.4. The van der Waals surface area contributed by atoms with Crippen molar-refractivity contribution in [2.45, 2.75) is 62.1 Å². The zero-order valence-electron chi connectivity index (χ0n) is 16.0. The number of hydrogen-bond donors (Lipinski definition) is 0. The number of nitrogens with zero attached hydrogens (tertiary/aromatic N) is 2. The first kappa shape index (κ1) is 18.4. The standard InChI is InChI=1S/C22H24N2O2S2/c1-14(15-7-3-2-4-8-15)27-22-23-20-19(17-10-5-11-18(17)28-20)21(25)24(22)13-16-9-6-12-26-16/h2-4,7-8,14,16H,5-6,9-13H2,1H3/t14-,16-/m1/s1. The van der Waals surface area contributed by atoms with Crippen LogP contribution >= 0.6 is 23.1 Å². The minimum Gasteiger partial charge on any atom is -0.376 e. The van der Waals surface area contributed by atoms with Crippen LogP contribution in [0.3, 0.4) is 0 Å². The lowest BCUT2D eigenvalue weighted by Crippen LogP contribution is -2.29. The third-order valence-corrected chi connectivity index (χ3v) is 8.09. The van der Waals surface area contributed by atoms with Crippen LogP contribution in [0.2, 0.25) is 0 Å². The Morgan fingerprint density at radius 2 is 2.14 bits per heavy atom. The lowest BCUT2D eigenvalue weighted by molar-refractivity contribution is 0.0937. The molecule has 1 saturated heterocycles. The first-order chi connectivity index (χ1) is 13.7. The van der Waals surface area contributed by atoms with Gasteiger partial charge < -0.3 is 4.74 Å². The summed E-state index contributed by atoms with van der Waals surface area (Å²) in [5, 5.41) is 1.92. The lowest BCUT2D eigenvalue weighted by Gasteiger charge is -2.18. The molecule has 0 N–H and O–H groups in total. The highest BCUT2D eigenvalue weighted by atomic mass is 32.2. The van der Waals surface area contributed by atoms with Gasteiger partial charge >= 0.3 is 0 Å². The Bertz CT molecular complexity index is 1050. The van der Waals surface area contributed by atoms with Gasteiger partial charge in [0.1, 0.15) is 4.83 Å². The van der Waals surface area contributed by atoms with E-state index in [9.17, 15) is 4.79 Å². The summed E-state index contributed by atoms with van der Waals surface area (Å²) in [7, 11) is 0. The number of aromatic nitrogens is 2. The third-order valence-electron chi connectivity index (χ3n) is 5.75. The number of rotatable bonds is 5. The molecule has 0 radical (unpaired) electrons. The molecule has 1 aliphatic carbocycles. The number of thioether (sulfide) groups is 1. The van der Waals surface area contributed by atoms with Gasteiger partial charge in [0.05, 0.1) is 18.0 Å². The molecule has 0 spiro atoms. The Labute approximate surface area is 172 Å². The van der Waals surface area contributed by atoms with E-state index in [-0.39, 0.29) is 16.9 Å². The second-order valence-electron chi connectivity index (χ2n) is 7.65. The molecule has 2 atom stereocenters. The molecule has 1 aromatic carbocycles. The number of benzene rings is 1. The van der Waals surface area contributed by atoms with Gasteiger partial charge in [0.25, 0.3) is 5.56 Å². The Hall–Kier alpha value is -1.63. The smallest absolute Gasteiger partial charge is 0.263 e. The Balaban J connectivity index is 1.58. The Morgan fingerprint density at radius 1 is 1.29 bits per heavy atom. The lowest BCUT2D eigenvalue weighted by atomic mass is 10.2. The highest BCUT2D eigenvalue weighted by molar-refractivity contribution is 7.99. The quantitative estimate of drug-likeness (QED) is 0.438. The fourth-order valence-corrected chi connectivity index (χ4v) is 6.60. The summed E-state index contributed by atoms with van der Waals surface area (Å²) < 4.78 is 7.75. The maximum absolute atomic E-state index is 13.5. The van der Waals surface area contributed by atoms with Crippen LogP contribution in [0.15, 0.2) is 40.3 Å².